The van der Waals surface area contributed by atoms with Crippen LogP contribution in [0.4, 0.5) is 10.8 Å². The molecule has 1 amide bonds. The number of ether oxygens (including phenoxy) is 2. The Labute approximate surface area is 195 Å². The standard InChI is InChI=1S/C23H24N4O5S/c1-31-19-6-7-21-20(16-19)24-23(33-21)26(10-9-25-11-13-32-14-12-25)22(28)8-5-17-3-2-4-18(15-17)27(29)30/h2-8,15-16H,9-14H2,1H3/b8-5+. The third-order valence-corrected chi connectivity index (χ3v) is 6.38. The zero-order valence-corrected chi connectivity index (χ0v) is 19.0. The molecule has 0 saturated carbocycles. The Morgan fingerprint density at radius 1 is 1.30 bits per heavy atom. The highest BCUT2D eigenvalue weighted by Crippen LogP contribution is 2.31. The molecule has 2 heterocycles. The van der Waals surface area contributed by atoms with E-state index >= 15 is 0 Å². The average Bonchev–Trinajstić information content (AvgIpc) is 3.26. The zero-order chi connectivity index (χ0) is 23.2. The van der Waals surface area contributed by atoms with Crippen LogP contribution in [0.3, 0.4) is 0 Å². The van der Waals surface area contributed by atoms with Crippen molar-refractivity contribution in [2.24, 2.45) is 0 Å². The van der Waals surface area contributed by atoms with Gasteiger partial charge in [0, 0.05) is 50.5 Å². The number of nitrogens with zero attached hydrogens (tertiary/aromatic N) is 4. The van der Waals surface area contributed by atoms with Crippen molar-refractivity contribution in [3.63, 3.8) is 0 Å². The Balaban J connectivity index is 1.58. The largest absolute Gasteiger partial charge is 0.497 e. The lowest BCUT2D eigenvalue weighted by molar-refractivity contribution is -0.384. The minimum atomic E-state index is -0.455. The number of carbonyl (C=O) groups is 1. The fourth-order valence-corrected chi connectivity index (χ4v) is 4.48. The Morgan fingerprint density at radius 2 is 2.12 bits per heavy atom. The number of anilines is 1. The third-order valence-electron chi connectivity index (χ3n) is 5.32. The molecule has 0 spiro atoms. The van der Waals surface area contributed by atoms with Crippen molar-refractivity contribution in [3.8, 4) is 5.75 Å². The van der Waals surface area contributed by atoms with Crippen molar-refractivity contribution in [1.82, 2.24) is 9.88 Å². The summed E-state index contributed by atoms with van der Waals surface area (Å²) in [5, 5.41) is 11.6. The first-order valence-electron chi connectivity index (χ1n) is 10.5. The molecule has 1 aliphatic rings. The van der Waals surface area contributed by atoms with Gasteiger partial charge in [-0.15, -0.1) is 0 Å². The van der Waals surface area contributed by atoms with E-state index in [0.29, 0.717) is 42.7 Å². The van der Waals surface area contributed by atoms with Gasteiger partial charge in [-0.3, -0.25) is 24.7 Å². The first kappa shape index (κ1) is 22.8. The van der Waals surface area contributed by atoms with Gasteiger partial charge in [-0.25, -0.2) is 4.98 Å². The quantitative estimate of drug-likeness (QED) is 0.283. The van der Waals surface area contributed by atoms with Crippen LogP contribution in [0, 0.1) is 10.1 Å². The zero-order valence-electron chi connectivity index (χ0n) is 18.2. The van der Waals surface area contributed by atoms with Gasteiger partial charge in [0.1, 0.15) is 5.75 Å². The number of non-ortho nitro benzene ring substituents is 1. The van der Waals surface area contributed by atoms with Crippen molar-refractivity contribution in [2.75, 3.05) is 51.4 Å². The summed E-state index contributed by atoms with van der Waals surface area (Å²) in [4.78, 5) is 32.4. The van der Waals surface area contributed by atoms with Gasteiger partial charge in [-0.1, -0.05) is 23.5 Å². The molecule has 9 nitrogen and oxygen atoms in total. The number of methoxy groups -OCH3 is 1. The highest BCUT2D eigenvalue weighted by molar-refractivity contribution is 7.22. The summed E-state index contributed by atoms with van der Waals surface area (Å²) in [6.07, 6.45) is 3.03. The molecule has 0 radical (unpaired) electrons. The number of nitro benzene ring substituents is 1. The molecule has 1 aliphatic heterocycles. The monoisotopic (exact) mass is 468 g/mol. The van der Waals surface area contributed by atoms with Crippen LogP contribution in [0.25, 0.3) is 16.3 Å². The van der Waals surface area contributed by atoms with Gasteiger partial charge in [0.15, 0.2) is 5.13 Å². The molecule has 2 aromatic carbocycles. The molecule has 0 bridgehead atoms. The molecule has 0 N–H and O–H groups in total. The Hall–Kier alpha value is -3.34. The van der Waals surface area contributed by atoms with E-state index in [2.05, 4.69) is 9.88 Å². The van der Waals surface area contributed by atoms with E-state index in [4.69, 9.17) is 9.47 Å². The van der Waals surface area contributed by atoms with Crippen molar-refractivity contribution >= 4 is 44.4 Å². The molecule has 33 heavy (non-hydrogen) atoms. The third kappa shape index (κ3) is 5.72. The average molecular weight is 469 g/mol. The van der Waals surface area contributed by atoms with E-state index in [1.165, 1.54) is 29.5 Å². The number of morpholine rings is 1. The predicted molar refractivity (Wildman–Crippen MR) is 128 cm³/mol. The lowest BCUT2D eigenvalue weighted by atomic mass is 10.2. The number of amides is 1. The maximum atomic E-state index is 13.2. The van der Waals surface area contributed by atoms with E-state index in [9.17, 15) is 14.9 Å². The summed E-state index contributed by atoms with van der Waals surface area (Å²) >= 11 is 1.44. The summed E-state index contributed by atoms with van der Waals surface area (Å²) in [6.45, 7) is 4.17. The summed E-state index contributed by atoms with van der Waals surface area (Å²) in [5.41, 5.74) is 1.33. The summed E-state index contributed by atoms with van der Waals surface area (Å²) in [5.74, 6) is 0.469. The normalized spacial score (nSPS) is 14.6. The minimum absolute atomic E-state index is 0.0195. The molecular formula is C23H24N4O5S. The van der Waals surface area contributed by atoms with Crippen molar-refractivity contribution in [2.45, 2.75) is 0 Å². The summed E-state index contributed by atoms with van der Waals surface area (Å²) in [6, 6.07) is 11.8. The second-order valence-corrected chi connectivity index (χ2v) is 8.47. The maximum absolute atomic E-state index is 13.2. The Bertz CT molecular complexity index is 1170. The second kappa shape index (κ2) is 10.5. The number of hydrogen-bond acceptors (Lipinski definition) is 8. The van der Waals surface area contributed by atoms with Gasteiger partial charge in [-0.2, -0.15) is 0 Å². The molecule has 1 aromatic heterocycles. The van der Waals surface area contributed by atoms with Crippen LogP contribution in [0.2, 0.25) is 0 Å². The molecular weight excluding hydrogens is 444 g/mol. The SMILES string of the molecule is COc1ccc2sc(N(CCN3CCOCC3)C(=O)/C=C/c3cccc([N+](=O)[O-])c3)nc2c1. The van der Waals surface area contributed by atoms with Crippen LogP contribution >= 0.6 is 11.3 Å². The first-order valence-corrected chi connectivity index (χ1v) is 11.3. The fourth-order valence-electron chi connectivity index (χ4n) is 3.50. The number of carbonyl (C=O) groups excluding carboxylic acids is 1. The first-order chi connectivity index (χ1) is 16.0. The topological polar surface area (TPSA) is 98.0 Å². The highest BCUT2D eigenvalue weighted by atomic mass is 32.1. The van der Waals surface area contributed by atoms with Gasteiger partial charge in [-0.05, 0) is 23.8 Å². The Morgan fingerprint density at radius 3 is 2.88 bits per heavy atom. The summed E-state index contributed by atoms with van der Waals surface area (Å²) < 4.78 is 11.7. The van der Waals surface area contributed by atoms with E-state index in [1.54, 1.807) is 30.2 Å². The lowest BCUT2D eigenvalue weighted by Gasteiger charge is -2.28. The van der Waals surface area contributed by atoms with Crippen LogP contribution in [-0.4, -0.2) is 67.2 Å². The molecule has 0 atom stereocenters. The highest BCUT2D eigenvalue weighted by Gasteiger charge is 2.20. The van der Waals surface area contributed by atoms with E-state index in [0.717, 1.165) is 23.3 Å². The number of benzene rings is 2. The Kier molecular flexibility index (Phi) is 7.28. The van der Waals surface area contributed by atoms with Crippen LogP contribution in [0.15, 0.2) is 48.5 Å². The van der Waals surface area contributed by atoms with Crippen LogP contribution in [0.5, 0.6) is 5.75 Å². The molecule has 4 rings (SSSR count). The molecule has 3 aromatic rings. The number of nitro groups is 1. The smallest absolute Gasteiger partial charge is 0.270 e. The minimum Gasteiger partial charge on any atom is -0.497 e. The van der Waals surface area contributed by atoms with E-state index in [-0.39, 0.29) is 11.6 Å². The van der Waals surface area contributed by atoms with Gasteiger partial charge >= 0.3 is 0 Å². The van der Waals surface area contributed by atoms with Crippen LogP contribution < -0.4 is 9.64 Å². The molecule has 0 aliphatic carbocycles. The van der Waals surface area contributed by atoms with Gasteiger partial charge in [0.25, 0.3) is 11.6 Å². The fraction of sp³-hybridized carbons (Fsp3) is 0.304. The van der Waals surface area contributed by atoms with E-state index < -0.39 is 4.92 Å². The molecule has 1 saturated heterocycles. The summed E-state index contributed by atoms with van der Waals surface area (Å²) in [7, 11) is 1.60. The van der Waals surface area contributed by atoms with Crippen molar-refractivity contribution in [1.29, 1.82) is 0 Å². The van der Waals surface area contributed by atoms with E-state index in [1.807, 2.05) is 18.2 Å². The van der Waals surface area contributed by atoms with Crippen molar-refractivity contribution < 1.29 is 19.2 Å². The molecule has 1 fully saturated rings. The van der Waals surface area contributed by atoms with Crippen LogP contribution in [-0.2, 0) is 9.53 Å². The second-order valence-electron chi connectivity index (χ2n) is 7.46. The molecule has 0 unspecified atom stereocenters. The van der Waals surface area contributed by atoms with Crippen LogP contribution in [0.1, 0.15) is 5.56 Å². The maximum Gasteiger partial charge on any atom is 0.270 e. The van der Waals surface area contributed by atoms with Crippen molar-refractivity contribution in [3.05, 3.63) is 64.2 Å². The van der Waals surface area contributed by atoms with Gasteiger partial charge < -0.3 is 9.47 Å². The van der Waals surface area contributed by atoms with Gasteiger partial charge in [0.2, 0.25) is 0 Å². The number of hydrogen-bond donors (Lipinski definition) is 0. The number of thiazole rings is 1. The number of rotatable bonds is 8. The number of fused-ring (bicyclic) bond motifs is 1. The lowest BCUT2D eigenvalue weighted by Crippen LogP contribution is -2.42. The molecule has 172 valence electrons. The van der Waals surface area contributed by atoms with Gasteiger partial charge in [0.05, 0.1) is 35.5 Å². The number of aromatic nitrogens is 1. The predicted octanol–water partition coefficient (Wildman–Crippen LogP) is 3.59. The molecule has 10 heteroatoms.